The second-order valence-corrected chi connectivity index (χ2v) is 5.60. The number of aliphatic hydroxyl groups is 2. The highest BCUT2D eigenvalue weighted by molar-refractivity contribution is 7.80. The van der Waals surface area contributed by atoms with Gasteiger partial charge in [-0.3, -0.25) is 9.59 Å². The Balaban J connectivity index is 4.17. The molecule has 21 heavy (non-hydrogen) atoms. The number of carbonyl (C=O) groups excluding carboxylic acids is 2. The molecule has 0 aliphatic carbocycles. The monoisotopic (exact) mass is 322 g/mol. The van der Waals surface area contributed by atoms with E-state index in [1.165, 1.54) is 13.8 Å². The Kier molecular flexibility index (Phi) is 8.30. The molecule has 0 aromatic rings. The molecule has 0 aliphatic heterocycles. The van der Waals surface area contributed by atoms with Gasteiger partial charge in [-0.1, -0.05) is 13.8 Å². The van der Waals surface area contributed by atoms with E-state index >= 15 is 0 Å². The smallest absolute Gasteiger partial charge is 0.327 e. The van der Waals surface area contributed by atoms with Crippen LogP contribution in [0.25, 0.3) is 0 Å². The number of carbonyl (C=O) groups is 3. The lowest BCUT2D eigenvalue weighted by Crippen LogP contribution is -2.47. The summed E-state index contributed by atoms with van der Waals surface area (Å²) in [6, 6.07) is -1.09. The fraction of sp³-hybridized carbons (Fsp3) is 0.750. The molecule has 0 spiro atoms. The van der Waals surface area contributed by atoms with Crippen molar-refractivity contribution in [1.29, 1.82) is 0 Å². The summed E-state index contributed by atoms with van der Waals surface area (Å²) in [6.45, 7) is 2.62. The maximum absolute atomic E-state index is 11.6. The Labute approximate surface area is 128 Å². The van der Waals surface area contributed by atoms with Crippen LogP contribution in [0.5, 0.6) is 0 Å². The molecule has 9 heteroatoms. The van der Waals surface area contributed by atoms with E-state index in [1.54, 1.807) is 0 Å². The summed E-state index contributed by atoms with van der Waals surface area (Å²) in [5, 5.41) is 32.1. The molecule has 0 aliphatic rings. The minimum absolute atomic E-state index is 0.0448. The second kappa shape index (κ2) is 8.85. The van der Waals surface area contributed by atoms with E-state index < -0.39 is 35.3 Å². The largest absolute Gasteiger partial charge is 0.480 e. The topological polar surface area (TPSA) is 136 Å². The van der Waals surface area contributed by atoms with Gasteiger partial charge in [0.05, 0.1) is 6.61 Å². The summed E-state index contributed by atoms with van der Waals surface area (Å²) in [6.07, 6.45) is -1.54. The molecule has 0 aromatic carbocycles. The third-order valence-corrected chi connectivity index (χ3v) is 3.23. The Bertz CT molecular complexity index is 388. The van der Waals surface area contributed by atoms with Crippen molar-refractivity contribution >= 4 is 30.4 Å². The summed E-state index contributed by atoms with van der Waals surface area (Å²) in [5.74, 6) is -2.49. The Hall–Kier alpha value is -1.32. The van der Waals surface area contributed by atoms with Gasteiger partial charge in [0.1, 0.15) is 12.1 Å². The molecule has 0 radical (unpaired) electrons. The fourth-order valence-electron chi connectivity index (χ4n) is 1.29. The standard InChI is InChI=1S/C12H22N2O6S/c1-12(2,6-15)9(17)10(18)13-4-3-8(16)14-7(5-21)11(19)20/h7,9,15,17,21H,3-6H2,1-2H3,(H,13,18)(H,14,16)(H,19,20)/t7-,9+/m1/s1. The van der Waals surface area contributed by atoms with Gasteiger partial charge in [-0.2, -0.15) is 12.6 Å². The second-order valence-electron chi connectivity index (χ2n) is 5.23. The predicted octanol–water partition coefficient (Wildman–Crippen LogP) is -1.63. The molecular formula is C12H22N2O6S. The van der Waals surface area contributed by atoms with Crippen LogP contribution in [-0.2, 0) is 14.4 Å². The highest BCUT2D eigenvalue weighted by Gasteiger charge is 2.32. The highest BCUT2D eigenvalue weighted by atomic mass is 32.1. The average Bonchev–Trinajstić information content (AvgIpc) is 2.43. The molecule has 5 N–H and O–H groups in total. The molecule has 0 rings (SSSR count). The third kappa shape index (κ3) is 6.78. The SMILES string of the molecule is CC(C)(CO)[C@@H](O)C(=O)NCCC(=O)N[C@H](CS)C(=O)O. The number of aliphatic carboxylic acids is 1. The fourth-order valence-corrected chi connectivity index (χ4v) is 1.54. The van der Waals surface area contributed by atoms with Crippen molar-refractivity contribution in [3.05, 3.63) is 0 Å². The van der Waals surface area contributed by atoms with Crippen LogP contribution in [0.15, 0.2) is 0 Å². The van der Waals surface area contributed by atoms with E-state index in [4.69, 9.17) is 10.2 Å². The highest BCUT2D eigenvalue weighted by Crippen LogP contribution is 2.19. The van der Waals surface area contributed by atoms with E-state index in [2.05, 4.69) is 23.3 Å². The van der Waals surface area contributed by atoms with Gasteiger partial charge in [0.25, 0.3) is 0 Å². The van der Waals surface area contributed by atoms with E-state index in [9.17, 15) is 19.5 Å². The number of hydrogen-bond donors (Lipinski definition) is 6. The van der Waals surface area contributed by atoms with Crippen molar-refractivity contribution in [3.8, 4) is 0 Å². The zero-order chi connectivity index (χ0) is 16.6. The van der Waals surface area contributed by atoms with Gasteiger partial charge < -0.3 is 26.0 Å². The molecule has 0 saturated heterocycles. The third-order valence-electron chi connectivity index (χ3n) is 2.86. The number of carboxylic acid groups (broad SMARTS) is 1. The van der Waals surface area contributed by atoms with Crippen LogP contribution in [0.4, 0.5) is 0 Å². The zero-order valence-corrected chi connectivity index (χ0v) is 12.9. The first-order valence-electron chi connectivity index (χ1n) is 6.35. The first-order chi connectivity index (χ1) is 9.65. The summed E-state index contributed by atoms with van der Waals surface area (Å²) >= 11 is 3.80. The number of aliphatic hydroxyl groups excluding tert-OH is 2. The predicted molar refractivity (Wildman–Crippen MR) is 77.9 cm³/mol. The lowest BCUT2D eigenvalue weighted by Gasteiger charge is -2.27. The number of amides is 2. The number of carboxylic acids is 1. The van der Waals surface area contributed by atoms with E-state index in [-0.39, 0.29) is 25.3 Å². The van der Waals surface area contributed by atoms with Crippen molar-refractivity contribution in [1.82, 2.24) is 10.6 Å². The summed E-state index contributed by atoms with van der Waals surface area (Å²) in [5.41, 5.74) is -0.993. The van der Waals surface area contributed by atoms with Crippen LogP contribution in [-0.4, -0.2) is 64.2 Å². The van der Waals surface area contributed by atoms with Crippen LogP contribution in [0, 0.1) is 5.41 Å². The van der Waals surface area contributed by atoms with Gasteiger partial charge >= 0.3 is 5.97 Å². The summed E-state index contributed by atoms with van der Waals surface area (Å²) in [4.78, 5) is 33.8. The quantitative estimate of drug-likeness (QED) is 0.282. The lowest BCUT2D eigenvalue weighted by atomic mass is 9.87. The van der Waals surface area contributed by atoms with Gasteiger partial charge in [-0.15, -0.1) is 0 Å². The number of hydrogen-bond acceptors (Lipinski definition) is 6. The maximum Gasteiger partial charge on any atom is 0.327 e. The molecule has 8 nitrogen and oxygen atoms in total. The molecule has 0 heterocycles. The first-order valence-corrected chi connectivity index (χ1v) is 6.98. The van der Waals surface area contributed by atoms with Crippen molar-refractivity contribution in [3.63, 3.8) is 0 Å². The molecule has 0 unspecified atom stereocenters. The Morgan fingerprint density at radius 2 is 1.86 bits per heavy atom. The summed E-state index contributed by atoms with van der Waals surface area (Å²) in [7, 11) is 0. The maximum atomic E-state index is 11.6. The van der Waals surface area contributed by atoms with Gasteiger partial charge in [0, 0.05) is 24.1 Å². The van der Waals surface area contributed by atoms with Crippen molar-refractivity contribution in [2.75, 3.05) is 18.9 Å². The van der Waals surface area contributed by atoms with E-state index in [0.717, 1.165) is 0 Å². The van der Waals surface area contributed by atoms with E-state index in [1.807, 2.05) is 0 Å². The Morgan fingerprint density at radius 1 is 1.29 bits per heavy atom. The van der Waals surface area contributed by atoms with Crippen LogP contribution in [0.3, 0.4) is 0 Å². The Morgan fingerprint density at radius 3 is 2.29 bits per heavy atom. The van der Waals surface area contributed by atoms with E-state index in [0.29, 0.717) is 0 Å². The summed E-state index contributed by atoms with van der Waals surface area (Å²) < 4.78 is 0. The molecule has 0 aromatic heterocycles. The van der Waals surface area contributed by atoms with Crippen LogP contribution < -0.4 is 10.6 Å². The molecule has 0 bridgehead atoms. The van der Waals surface area contributed by atoms with Crippen LogP contribution in [0.1, 0.15) is 20.3 Å². The molecule has 0 fully saturated rings. The zero-order valence-electron chi connectivity index (χ0n) is 12.0. The molecular weight excluding hydrogens is 300 g/mol. The lowest BCUT2D eigenvalue weighted by molar-refractivity contribution is -0.141. The number of nitrogens with one attached hydrogen (secondary N) is 2. The van der Waals surface area contributed by atoms with Gasteiger partial charge in [-0.05, 0) is 0 Å². The minimum Gasteiger partial charge on any atom is -0.480 e. The van der Waals surface area contributed by atoms with Crippen molar-refractivity contribution < 1.29 is 29.7 Å². The van der Waals surface area contributed by atoms with Gasteiger partial charge in [0.2, 0.25) is 11.8 Å². The molecule has 122 valence electrons. The van der Waals surface area contributed by atoms with Crippen LogP contribution >= 0.6 is 12.6 Å². The van der Waals surface area contributed by atoms with Gasteiger partial charge in [0.15, 0.2) is 0 Å². The molecule has 0 saturated carbocycles. The first kappa shape index (κ1) is 19.7. The minimum atomic E-state index is -1.41. The van der Waals surface area contributed by atoms with Crippen molar-refractivity contribution in [2.45, 2.75) is 32.4 Å². The molecule has 2 atom stereocenters. The van der Waals surface area contributed by atoms with Gasteiger partial charge in [-0.25, -0.2) is 4.79 Å². The van der Waals surface area contributed by atoms with Crippen LogP contribution in [0.2, 0.25) is 0 Å². The van der Waals surface area contributed by atoms with Crippen molar-refractivity contribution in [2.24, 2.45) is 5.41 Å². The normalized spacial score (nSPS) is 14.1. The average molecular weight is 322 g/mol. The number of rotatable bonds is 9. The molecule has 2 amide bonds. The number of thiol groups is 1.